The van der Waals surface area contributed by atoms with E-state index in [1.165, 1.54) is 32.1 Å². The van der Waals surface area contributed by atoms with E-state index in [4.69, 9.17) is 10.5 Å². The van der Waals surface area contributed by atoms with Crippen LogP contribution in [0.25, 0.3) is 0 Å². The van der Waals surface area contributed by atoms with Gasteiger partial charge in [-0.15, -0.1) is 0 Å². The molecule has 0 bridgehead atoms. The maximum Gasteiger partial charge on any atom is 0.138 e. The molecule has 1 aromatic heterocycles. The Morgan fingerprint density at radius 2 is 2.12 bits per heavy atom. The molecule has 0 aromatic carbocycles. The van der Waals surface area contributed by atoms with Gasteiger partial charge in [0.05, 0.1) is 12.3 Å². The number of nitrogens with two attached hydrogens (primary N) is 1. The van der Waals surface area contributed by atoms with Crippen LogP contribution >= 0.6 is 0 Å². The van der Waals surface area contributed by atoms with Gasteiger partial charge in [-0.25, -0.2) is 0 Å². The molecule has 1 saturated carbocycles. The molecule has 1 aliphatic rings. The van der Waals surface area contributed by atoms with Crippen molar-refractivity contribution in [3.8, 4) is 5.75 Å². The van der Waals surface area contributed by atoms with E-state index in [0.29, 0.717) is 6.10 Å². The molecule has 1 atom stereocenters. The topological polar surface area (TPSA) is 48.1 Å². The van der Waals surface area contributed by atoms with Crippen molar-refractivity contribution >= 4 is 0 Å². The average molecular weight is 234 g/mol. The highest BCUT2D eigenvalue weighted by atomic mass is 16.5. The number of hydrogen-bond acceptors (Lipinski definition) is 3. The second-order valence-electron chi connectivity index (χ2n) is 5.04. The van der Waals surface area contributed by atoms with E-state index in [9.17, 15) is 0 Å². The zero-order valence-electron chi connectivity index (χ0n) is 10.6. The van der Waals surface area contributed by atoms with Gasteiger partial charge in [0.2, 0.25) is 0 Å². The molecule has 3 heteroatoms. The van der Waals surface area contributed by atoms with Crippen LogP contribution in [-0.4, -0.2) is 17.1 Å². The van der Waals surface area contributed by atoms with Gasteiger partial charge in [-0.3, -0.25) is 4.98 Å². The van der Waals surface area contributed by atoms with Crippen LogP contribution in [0.3, 0.4) is 0 Å². The summed E-state index contributed by atoms with van der Waals surface area (Å²) in [6, 6.07) is 4.19. The monoisotopic (exact) mass is 234 g/mol. The van der Waals surface area contributed by atoms with Crippen LogP contribution in [-0.2, 0) is 6.42 Å². The Bertz CT molecular complexity index is 329. The lowest BCUT2D eigenvalue weighted by Crippen LogP contribution is -2.20. The molecule has 17 heavy (non-hydrogen) atoms. The molecule has 0 saturated heterocycles. The fourth-order valence-electron chi connectivity index (χ4n) is 2.31. The number of nitrogens with zero attached hydrogens (tertiary/aromatic N) is 1. The van der Waals surface area contributed by atoms with Crippen LogP contribution in [0.5, 0.6) is 5.75 Å². The molecule has 3 nitrogen and oxygen atoms in total. The predicted octanol–water partition coefficient (Wildman–Crippen LogP) is 2.68. The third-order valence-corrected chi connectivity index (χ3v) is 3.18. The second kappa shape index (κ2) is 6.01. The number of rotatable bonds is 4. The van der Waals surface area contributed by atoms with E-state index in [0.717, 1.165) is 17.9 Å². The van der Waals surface area contributed by atoms with E-state index in [-0.39, 0.29) is 6.04 Å². The van der Waals surface area contributed by atoms with Crippen molar-refractivity contribution < 1.29 is 4.74 Å². The molecular formula is C14H22N2O. The first-order valence-electron chi connectivity index (χ1n) is 6.61. The molecule has 2 rings (SSSR count). The smallest absolute Gasteiger partial charge is 0.138 e. The van der Waals surface area contributed by atoms with Crippen LogP contribution in [0.2, 0.25) is 0 Å². The third kappa shape index (κ3) is 4.00. The quantitative estimate of drug-likeness (QED) is 0.871. The molecule has 0 amide bonds. The zero-order chi connectivity index (χ0) is 12.1. The fourth-order valence-corrected chi connectivity index (χ4v) is 2.31. The van der Waals surface area contributed by atoms with Gasteiger partial charge in [-0.1, -0.05) is 6.42 Å². The third-order valence-electron chi connectivity index (χ3n) is 3.18. The lowest BCUT2D eigenvalue weighted by atomic mass is 9.98. The zero-order valence-corrected chi connectivity index (χ0v) is 10.6. The van der Waals surface area contributed by atoms with Gasteiger partial charge in [-0.2, -0.15) is 0 Å². The first-order chi connectivity index (χ1) is 8.24. The Kier molecular flexibility index (Phi) is 4.37. The van der Waals surface area contributed by atoms with Crippen LogP contribution in [0.1, 0.15) is 44.7 Å². The highest BCUT2D eigenvalue weighted by Crippen LogP contribution is 2.22. The molecule has 1 unspecified atom stereocenters. The van der Waals surface area contributed by atoms with Crippen LogP contribution in [0.15, 0.2) is 18.3 Å². The highest BCUT2D eigenvalue weighted by molar-refractivity contribution is 5.20. The van der Waals surface area contributed by atoms with E-state index < -0.39 is 0 Å². The van der Waals surface area contributed by atoms with Gasteiger partial charge in [0.25, 0.3) is 0 Å². The molecular weight excluding hydrogens is 212 g/mol. The first kappa shape index (κ1) is 12.4. The van der Waals surface area contributed by atoms with Gasteiger partial charge in [0, 0.05) is 18.2 Å². The SMILES string of the molecule is CC(N)Cc1ccc(OC2CCCCC2)cn1. The molecule has 1 heterocycles. The predicted molar refractivity (Wildman–Crippen MR) is 69.1 cm³/mol. The van der Waals surface area contributed by atoms with Crippen molar-refractivity contribution in [3.63, 3.8) is 0 Å². The molecule has 0 aliphatic heterocycles. The number of aromatic nitrogens is 1. The van der Waals surface area contributed by atoms with Crippen molar-refractivity contribution in [2.75, 3.05) is 0 Å². The Morgan fingerprint density at radius 3 is 2.71 bits per heavy atom. The Morgan fingerprint density at radius 1 is 1.35 bits per heavy atom. The summed E-state index contributed by atoms with van der Waals surface area (Å²) in [6.07, 6.45) is 9.34. The standard InChI is InChI=1S/C14H22N2O/c1-11(15)9-12-7-8-14(10-16-12)17-13-5-3-2-4-6-13/h7-8,10-11,13H,2-6,9,15H2,1H3. The minimum absolute atomic E-state index is 0.160. The summed E-state index contributed by atoms with van der Waals surface area (Å²) in [5.74, 6) is 0.894. The van der Waals surface area contributed by atoms with E-state index >= 15 is 0 Å². The van der Waals surface area contributed by atoms with Gasteiger partial charge < -0.3 is 10.5 Å². The number of pyridine rings is 1. The van der Waals surface area contributed by atoms with Crippen molar-refractivity contribution in [1.82, 2.24) is 4.98 Å². The van der Waals surface area contributed by atoms with Crippen LogP contribution in [0.4, 0.5) is 0 Å². The van der Waals surface area contributed by atoms with Crippen molar-refractivity contribution in [3.05, 3.63) is 24.0 Å². The first-order valence-corrected chi connectivity index (χ1v) is 6.61. The lowest BCUT2D eigenvalue weighted by Gasteiger charge is -2.22. The Balaban J connectivity index is 1.88. The summed E-state index contributed by atoms with van der Waals surface area (Å²) in [5, 5.41) is 0. The Hall–Kier alpha value is -1.09. The molecule has 1 aromatic rings. The number of hydrogen-bond donors (Lipinski definition) is 1. The van der Waals surface area contributed by atoms with Crippen molar-refractivity contribution in [2.45, 2.75) is 57.6 Å². The highest BCUT2D eigenvalue weighted by Gasteiger charge is 2.14. The molecule has 1 aliphatic carbocycles. The summed E-state index contributed by atoms with van der Waals surface area (Å²) in [4.78, 5) is 4.38. The minimum Gasteiger partial charge on any atom is -0.489 e. The van der Waals surface area contributed by atoms with Crippen molar-refractivity contribution in [2.24, 2.45) is 5.73 Å². The van der Waals surface area contributed by atoms with Crippen molar-refractivity contribution in [1.29, 1.82) is 0 Å². The summed E-state index contributed by atoms with van der Waals surface area (Å²) < 4.78 is 5.92. The molecule has 2 N–H and O–H groups in total. The summed E-state index contributed by atoms with van der Waals surface area (Å²) in [7, 11) is 0. The summed E-state index contributed by atoms with van der Waals surface area (Å²) >= 11 is 0. The fraction of sp³-hybridized carbons (Fsp3) is 0.643. The van der Waals surface area contributed by atoms with E-state index in [1.807, 2.05) is 25.3 Å². The minimum atomic E-state index is 0.160. The maximum atomic E-state index is 5.92. The van der Waals surface area contributed by atoms with E-state index in [1.54, 1.807) is 0 Å². The van der Waals surface area contributed by atoms with Crippen LogP contribution < -0.4 is 10.5 Å². The molecule has 0 spiro atoms. The van der Waals surface area contributed by atoms with Gasteiger partial charge in [0.1, 0.15) is 5.75 Å². The lowest BCUT2D eigenvalue weighted by molar-refractivity contribution is 0.154. The van der Waals surface area contributed by atoms with Crippen LogP contribution in [0, 0.1) is 0 Å². The molecule has 1 fully saturated rings. The molecule has 94 valence electrons. The van der Waals surface area contributed by atoms with Gasteiger partial charge in [0.15, 0.2) is 0 Å². The summed E-state index contributed by atoms with van der Waals surface area (Å²) in [6.45, 7) is 1.99. The van der Waals surface area contributed by atoms with E-state index in [2.05, 4.69) is 4.98 Å². The second-order valence-corrected chi connectivity index (χ2v) is 5.04. The Labute approximate surface area is 103 Å². The number of ether oxygens (including phenoxy) is 1. The largest absolute Gasteiger partial charge is 0.489 e. The maximum absolute atomic E-state index is 5.92. The summed E-state index contributed by atoms with van der Waals surface area (Å²) in [5.41, 5.74) is 6.78. The molecule has 0 radical (unpaired) electrons. The van der Waals surface area contributed by atoms with Gasteiger partial charge in [-0.05, 0) is 44.7 Å². The average Bonchev–Trinajstić information content (AvgIpc) is 2.32. The van der Waals surface area contributed by atoms with Gasteiger partial charge >= 0.3 is 0 Å². The normalized spacial score (nSPS) is 18.9.